The van der Waals surface area contributed by atoms with Crippen molar-refractivity contribution in [3.8, 4) is 0 Å². The van der Waals surface area contributed by atoms with Crippen molar-refractivity contribution < 1.29 is 14.6 Å². The maximum Gasteiger partial charge on any atom is 0.313 e. The van der Waals surface area contributed by atoms with Gasteiger partial charge in [-0.2, -0.15) is 0 Å². The first-order valence-electron chi connectivity index (χ1n) is 6.75. The molecule has 1 fully saturated rings. The summed E-state index contributed by atoms with van der Waals surface area (Å²) in [4.78, 5) is 10.7. The van der Waals surface area contributed by atoms with Gasteiger partial charge in [0.2, 0.25) is 0 Å². The molecule has 0 radical (unpaired) electrons. The average Bonchev–Trinajstić information content (AvgIpc) is 2.90. The lowest BCUT2D eigenvalue weighted by Crippen LogP contribution is -2.26. The molecule has 7 heteroatoms. The van der Waals surface area contributed by atoms with Crippen LogP contribution in [0.15, 0.2) is 5.16 Å². The van der Waals surface area contributed by atoms with Crippen LogP contribution in [-0.2, 0) is 15.1 Å². The smallest absolute Gasteiger partial charge is 0.313 e. The minimum Gasteiger partial charge on any atom is -0.481 e. The molecule has 0 spiro atoms. The van der Waals surface area contributed by atoms with Crippen molar-refractivity contribution in [1.82, 2.24) is 14.8 Å². The lowest BCUT2D eigenvalue weighted by molar-refractivity contribution is -0.133. The summed E-state index contributed by atoms with van der Waals surface area (Å²) in [6.45, 7) is 8.23. The zero-order valence-corrected chi connectivity index (χ0v) is 13.1. The Morgan fingerprint density at radius 2 is 2.15 bits per heavy atom. The zero-order chi connectivity index (χ0) is 14.9. The van der Waals surface area contributed by atoms with E-state index in [1.165, 1.54) is 11.8 Å². The Balaban J connectivity index is 2.30. The van der Waals surface area contributed by atoms with Crippen molar-refractivity contribution >= 4 is 17.7 Å². The Morgan fingerprint density at radius 1 is 1.45 bits per heavy atom. The summed E-state index contributed by atoms with van der Waals surface area (Å²) >= 11 is 1.20. The predicted octanol–water partition coefficient (Wildman–Crippen LogP) is 2.45. The molecule has 1 aromatic heterocycles. The number of carboxylic acid groups (broad SMARTS) is 1. The minimum absolute atomic E-state index is 0.0177. The maximum atomic E-state index is 10.7. The first-order valence-corrected chi connectivity index (χ1v) is 7.73. The number of thioether (sulfide) groups is 1. The van der Waals surface area contributed by atoms with E-state index in [1.54, 1.807) is 0 Å². The van der Waals surface area contributed by atoms with Crippen LogP contribution in [0.1, 0.15) is 52.5 Å². The highest BCUT2D eigenvalue weighted by Gasteiger charge is 2.32. The number of aliphatic carboxylic acids is 1. The van der Waals surface area contributed by atoms with Gasteiger partial charge in [-0.05, 0) is 40.5 Å². The van der Waals surface area contributed by atoms with Crippen molar-refractivity contribution in [1.29, 1.82) is 0 Å². The van der Waals surface area contributed by atoms with Gasteiger partial charge in [0, 0.05) is 5.54 Å². The van der Waals surface area contributed by atoms with Gasteiger partial charge in [-0.25, -0.2) is 0 Å². The van der Waals surface area contributed by atoms with Crippen LogP contribution in [0.4, 0.5) is 0 Å². The molecule has 2 unspecified atom stereocenters. The average molecular weight is 299 g/mol. The first kappa shape index (κ1) is 15.3. The lowest BCUT2D eigenvalue weighted by atomic mass is 10.1. The number of rotatable bonds is 4. The fourth-order valence-corrected chi connectivity index (χ4v) is 3.18. The van der Waals surface area contributed by atoms with E-state index in [1.807, 2.05) is 4.57 Å². The molecule has 1 aliphatic rings. The van der Waals surface area contributed by atoms with Crippen LogP contribution >= 0.6 is 11.8 Å². The molecule has 2 atom stereocenters. The van der Waals surface area contributed by atoms with Crippen LogP contribution < -0.4 is 0 Å². The fraction of sp³-hybridized carbons (Fsp3) is 0.769. The third-order valence-electron chi connectivity index (χ3n) is 3.17. The van der Waals surface area contributed by atoms with Gasteiger partial charge in [0.15, 0.2) is 11.0 Å². The van der Waals surface area contributed by atoms with Gasteiger partial charge in [0.1, 0.15) is 6.10 Å². The predicted molar refractivity (Wildman–Crippen MR) is 75.9 cm³/mol. The van der Waals surface area contributed by atoms with Gasteiger partial charge < -0.3 is 9.84 Å². The van der Waals surface area contributed by atoms with E-state index in [-0.39, 0.29) is 23.5 Å². The molecule has 2 heterocycles. The van der Waals surface area contributed by atoms with E-state index in [4.69, 9.17) is 9.84 Å². The Kier molecular flexibility index (Phi) is 4.39. The van der Waals surface area contributed by atoms with Crippen LogP contribution in [0, 0.1) is 0 Å². The van der Waals surface area contributed by atoms with Gasteiger partial charge in [-0.1, -0.05) is 11.8 Å². The highest BCUT2D eigenvalue weighted by molar-refractivity contribution is 7.99. The molecule has 6 nitrogen and oxygen atoms in total. The van der Waals surface area contributed by atoms with Crippen LogP contribution in [0.25, 0.3) is 0 Å². The monoisotopic (exact) mass is 299 g/mol. The number of carbonyl (C=O) groups is 1. The molecule has 0 bridgehead atoms. The summed E-state index contributed by atoms with van der Waals surface area (Å²) in [6.07, 6.45) is 2.13. The molecule has 0 saturated carbocycles. The number of hydrogen-bond acceptors (Lipinski definition) is 5. The van der Waals surface area contributed by atoms with Crippen molar-refractivity contribution in [3.63, 3.8) is 0 Å². The molecule has 0 aliphatic carbocycles. The van der Waals surface area contributed by atoms with Crippen LogP contribution in [0.2, 0.25) is 0 Å². The SMILES string of the molecule is CC1CCC(c2nnc(SCC(=O)O)n2C(C)(C)C)O1. The summed E-state index contributed by atoms with van der Waals surface area (Å²) < 4.78 is 7.88. The quantitative estimate of drug-likeness (QED) is 0.861. The molecule has 1 aromatic rings. The summed E-state index contributed by atoms with van der Waals surface area (Å²) in [5.74, 6) is -0.0728. The molecule has 1 aliphatic heterocycles. The van der Waals surface area contributed by atoms with E-state index < -0.39 is 5.97 Å². The highest BCUT2D eigenvalue weighted by atomic mass is 32.2. The molecule has 2 rings (SSSR count). The Labute approximate surface area is 122 Å². The second kappa shape index (κ2) is 5.73. The van der Waals surface area contributed by atoms with Gasteiger partial charge in [0.25, 0.3) is 0 Å². The molecule has 1 saturated heterocycles. The van der Waals surface area contributed by atoms with E-state index in [9.17, 15) is 4.79 Å². The third kappa shape index (κ3) is 3.32. The number of nitrogens with zero attached hydrogens (tertiary/aromatic N) is 3. The lowest BCUT2D eigenvalue weighted by Gasteiger charge is -2.26. The molecular weight excluding hydrogens is 278 g/mol. The van der Waals surface area contributed by atoms with Gasteiger partial charge in [0.05, 0.1) is 11.9 Å². The highest BCUT2D eigenvalue weighted by Crippen LogP contribution is 2.35. The van der Waals surface area contributed by atoms with E-state index in [0.717, 1.165) is 18.7 Å². The van der Waals surface area contributed by atoms with E-state index in [2.05, 4.69) is 37.9 Å². The summed E-state index contributed by atoms with van der Waals surface area (Å²) in [7, 11) is 0. The molecule has 0 amide bonds. The summed E-state index contributed by atoms with van der Waals surface area (Å²) in [5, 5.41) is 17.9. The fourth-order valence-electron chi connectivity index (χ4n) is 2.33. The van der Waals surface area contributed by atoms with Crippen LogP contribution in [-0.4, -0.2) is 37.7 Å². The molecular formula is C13H21N3O3S. The van der Waals surface area contributed by atoms with Gasteiger partial charge in [-0.15, -0.1) is 10.2 Å². The Hall–Kier alpha value is -1.08. The maximum absolute atomic E-state index is 10.7. The second-order valence-electron chi connectivity index (χ2n) is 6.04. The molecule has 0 aromatic carbocycles. The normalized spacial score (nSPS) is 23.2. The first-order chi connectivity index (χ1) is 9.29. The molecule has 20 heavy (non-hydrogen) atoms. The molecule has 112 valence electrons. The van der Waals surface area contributed by atoms with Crippen molar-refractivity contribution in [3.05, 3.63) is 5.82 Å². The third-order valence-corrected chi connectivity index (χ3v) is 4.09. The molecule has 1 N–H and O–H groups in total. The Morgan fingerprint density at radius 3 is 2.65 bits per heavy atom. The second-order valence-corrected chi connectivity index (χ2v) is 6.98. The number of hydrogen-bond donors (Lipinski definition) is 1. The van der Waals surface area contributed by atoms with Crippen molar-refractivity contribution in [2.24, 2.45) is 0 Å². The number of carboxylic acids is 1. The largest absolute Gasteiger partial charge is 0.481 e. The van der Waals surface area contributed by atoms with Crippen LogP contribution in [0.5, 0.6) is 0 Å². The van der Waals surface area contributed by atoms with Gasteiger partial charge in [-0.3, -0.25) is 9.36 Å². The standard InChI is InChI=1S/C13H21N3O3S/c1-8-5-6-9(19-8)11-14-15-12(20-7-10(17)18)16(11)13(2,3)4/h8-9H,5-7H2,1-4H3,(H,17,18). The van der Waals surface area contributed by atoms with Crippen LogP contribution in [0.3, 0.4) is 0 Å². The number of ether oxygens (including phenoxy) is 1. The number of aromatic nitrogens is 3. The zero-order valence-electron chi connectivity index (χ0n) is 12.3. The van der Waals surface area contributed by atoms with Gasteiger partial charge >= 0.3 is 5.97 Å². The minimum atomic E-state index is -0.856. The topological polar surface area (TPSA) is 77.2 Å². The summed E-state index contributed by atoms with van der Waals surface area (Å²) in [5.41, 5.74) is -0.213. The van der Waals surface area contributed by atoms with Crippen molar-refractivity contribution in [2.45, 2.75) is 63.4 Å². The summed E-state index contributed by atoms with van der Waals surface area (Å²) in [6, 6.07) is 0. The van der Waals surface area contributed by atoms with E-state index >= 15 is 0 Å². The Bertz CT molecular complexity index is 496. The van der Waals surface area contributed by atoms with Crippen molar-refractivity contribution in [2.75, 3.05) is 5.75 Å². The van der Waals surface area contributed by atoms with E-state index in [0.29, 0.717) is 5.16 Å².